The van der Waals surface area contributed by atoms with Gasteiger partial charge in [0.15, 0.2) is 11.2 Å². The number of rotatable bonds is 12. The largest absolute Gasteiger partial charge is 0.493 e. The van der Waals surface area contributed by atoms with E-state index < -0.39 is 11.2 Å². The highest BCUT2D eigenvalue weighted by atomic mass is 16.5. The summed E-state index contributed by atoms with van der Waals surface area (Å²) in [6.45, 7) is 7.33. The number of aromatic amines is 1. The Morgan fingerprint density at radius 2 is 1.85 bits per heavy atom. The summed E-state index contributed by atoms with van der Waals surface area (Å²) in [6.07, 6.45) is 3.18. The normalized spacial score (nSPS) is 11.1. The number of carbonyl (C=O) groups is 1. The first kappa shape index (κ1) is 24.3. The van der Waals surface area contributed by atoms with Crippen LogP contribution >= 0.6 is 0 Å². The van der Waals surface area contributed by atoms with Gasteiger partial charge in [0, 0.05) is 19.5 Å². The minimum atomic E-state index is -0.477. The number of aryl methyl sites for hydroxylation is 3. The van der Waals surface area contributed by atoms with Crippen LogP contribution in [0.25, 0.3) is 11.2 Å². The molecule has 0 unspecified atom stereocenters. The highest BCUT2D eigenvalue weighted by Gasteiger charge is 2.19. The Hall–Kier alpha value is -3.36. The van der Waals surface area contributed by atoms with Crippen LogP contribution in [0.4, 0.5) is 0 Å². The molecule has 3 aromatic rings. The monoisotopic (exact) mass is 456 g/mol. The second-order valence-corrected chi connectivity index (χ2v) is 7.99. The van der Waals surface area contributed by atoms with Crippen molar-refractivity contribution < 1.29 is 14.3 Å². The lowest BCUT2D eigenvalue weighted by Crippen LogP contribution is -2.31. The molecule has 0 atom stereocenters. The molecule has 0 saturated carbocycles. The lowest BCUT2D eigenvalue weighted by Gasteiger charge is -2.09. The van der Waals surface area contributed by atoms with Crippen LogP contribution in [0.5, 0.6) is 5.75 Å². The number of esters is 1. The van der Waals surface area contributed by atoms with Gasteiger partial charge in [0.2, 0.25) is 0 Å². The summed E-state index contributed by atoms with van der Waals surface area (Å²) in [5.74, 6) is 0.895. The maximum Gasteiger partial charge on any atom is 0.330 e. The zero-order chi connectivity index (χ0) is 23.8. The van der Waals surface area contributed by atoms with E-state index in [4.69, 9.17) is 9.47 Å². The van der Waals surface area contributed by atoms with Gasteiger partial charge in [0.1, 0.15) is 18.2 Å². The topological polar surface area (TPSA) is 108 Å². The molecule has 0 fully saturated rings. The first-order valence-electron chi connectivity index (χ1n) is 11.5. The molecule has 0 saturated heterocycles. The number of unbranched alkanes of at least 4 members (excludes halogenated alkanes) is 1. The minimum Gasteiger partial charge on any atom is -0.493 e. The smallest absolute Gasteiger partial charge is 0.330 e. The van der Waals surface area contributed by atoms with Crippen molar-refractivity contribution in [2.24, 2.45) is 0 Å². The van der Waals surface area contributed by atoms with E-state index in [1.165, 1.54) is 4.57 Å². The van der Waals surface area contributed by atoms with Gasteiger partial charge in [-0.3, -0.25) is 19.1 Å². The Kier molecular flexibility index (Phi) is 8.46. The summed E-state index contributed by atoms with van der Waals surface area (Å²) < 4.78 is 14.4. The van der Waals surface area contributed by atoms with Gasteiger partial charge in [0.05, 0.1) is 6.61 Å². The molecule has 0 spiro atoms. The Bertz CT molecular complexity index is 1210. The van der Waals surface area contributed by atoms with E-state index in [0.29, 0.717) is 43.1 Å². The second kappa shape index (κ2) is 11.5. The first-order chi connectivity index (χ1) is 16.0. The number of ether oxygens (including phenoxy) is 2. The fourth-order valence-corrected chi connectivity index (χ4v) is 3.65. The van der Waals surface area contributed by atoms with Crippen LogP contribution in [-0.2, 0) is 29.2 Å². The van der Waals surface area contributed by atoms with Gasteiger partial charge in [-0.15, -0.1) is 0 Å². The molecule has 0 radical (unpaired) electrons. The van der Waals surface area contributed by atoms with Crippen LogP contribution in [0.3, 0.4) is 0 Å². The molecular formula is C24H32N4O5. The lowest BCUT2D eigenvalue weighted by atomic mass is 10.2. The van der Waals surface area contributed by atoms with Gasteiger partial charge >= 0.3 is 11.7 Å². The Morgan fingerprint density at radius 3 is 2.58 bits per heavy atom. The number of imidazole rings is 1. The number of H-pyrrole nitrogens is 1. The third kappa shape index (κ3) is 5.91. The summed E-state index contributed by atoms with van der Waals surface area (Å²) in [6, 6.07) is 7.72. The van der Waals surface area contributed by atoms with Gasteiger partial charge in [0.25, 0.3) is 5.56 Å². The van der Waals surface area contributed by atoms with Crippen LogP contribution in [0.1, 0.15) is 57.3 Å². The Morgan fingerprint density at radius 1 is 1.06 bits per heavy atom. The number of fused-ring (bicyclic) bond motifs is 1. The maximum atomic E-state index is 12.5. The number of nitrogens with zero attached hydrogens (tertiary/aromatic N) is 3. The van der Waals surface area contributed by atoms with E-state index in [9.17, 15) is 14.4 Å². The molecule has 0 aliphatic rings. The van der Waals surface area contributed by atoms with Crippen molar-refractivity contribution in [1.82, 2.24) is 19.1 Å². The molecule has 1 aromatic carbocycles. The van der Waals surface area contributed by atoms with E-state index in [2.05, 4.69) is 9.97 Å². The van der Waals surface area contributed by atoms with Crippen LogP contribution < -0.4 is 16.0 Å². The molecule has 9 nitrogen and oxygen atoms in total. The molecule has 0 bridgehead atoms. The van der Waals surface area contributed by atoms with Crippen LogP contribution in [-0.4, -0.2) is 31.7 Å². The van der Waals surface area contributed by atoms with Crippen molar-refractivity contribution in [3.05, 3.63) is 56.5 Å². The molecule has 1 N–H and O–H groups in total. The van der Waals surface area contributed by atoms with Gasteiger partial charge < -0.3 is 14.0 Å². The number of carbonyl (C=O) groups excluding carboxylic acids is 1. The molecule has 2 heterocycles. The average Bonchev–Trinajstić information content (AvgIpc) is 3.15. The van der Waals surface area contributed by atoms with Crippen molar-refractivity contribution in [2.45, 2.75) is 72.6 Å². The number of benzene rings is 1. The summed E-state index contributed by atoms with van der Waals surface area (Å²) in [5.41, 5.74) is 0.768. The van der Waals surface area contributed by atoms with Crippen LogP contribution in [0.2, 0.25) is 0 Å². The molecular weight excluding hydrogens is 424 g/mol. The van der Waals surface area contributed by atoms with E-state index in [-0.39, 0.29) is 19.0 Å². The minimum absolute atomic E-state index is 0.0619. The molecule has 2 aromatic heterocycles. The third-order valence-corrected chi connectivity index (χ3v) is 5.39. The SMILES string of the molecule is CCCCn1c(=O)[nH]c(=O)c2c1nc(COC(=O)CCCOc1ccccc1C)n2CCC. The van der Waals surface area contributed by atoms with Crippen LogP contribution in [0.15, 0.2) is 33.9 Å². The average molecular weight is 457 g/mol. The van der Waals surface area contributed by atoms with Gasteiger partial charge in [-0.25, -0.2) is 9.78 Å². The van der Waals surface area contributed by atoms with Crippen molar-refractivity contribution >= 4 is 17.1 Å². The number of aromatic nitrogens is 4. The predicted octanol–water partition coefficient (Wildman–Crippen LogP) is 3.31. The molecule has 178 valence electrons. The van der Waals surface area contributed by atoms with E-state index in [1.807, 2.05) is 45.0 Å². The molecule has 33 heavy (non-hydrogen) atoms. The fraction of sp³-hybridized carbons (Fsp3) is 0.500. The third-order valence-electron chi connectivity index (χ3n) is 5.39. The molecule has 0 amide bonds. The van der Waals surface area contributed by atoms with Crippen molar-refractivity contribution in [3.63, 3.8) is 0 Å². The highest BCUT2D eigenvalue weighted by molar-refractivity contribution is 5.71. The van der Waals surface area contributed by atoms with E-state index in [0.717, 1.165) is 30.6 Å². The quantitative estimate of drug-likeness (QED) is 0.331. The molecule has 0 aliphatic heterocycles. The summed E-state index contributed by atoms with van der Waals surface area (Å²) in [5, 5.41) is 0. The molecule has 3 rings (SSSR count). The first-order valence-corrected chi connectivity index (χ1v) is 11.5. The second-order valence-electron chi connectivity index (χ2n) is 7.99. The van der Waals surface area contributed by atoms with E-state index >= 15 is 0 Å². The Balaban J connectivity index is 1.67. The fourth-order valence-electron chi connectivity index (χ4n) is 3.65. The zero-order valence-electron chi connectivity index (χ0n) is 19.6. The van der Waals surface area contributed by atoms with Gasteiger partial charge in [-0.05, 0) is 37.8 Å². The number of nitrogens with one attached hydrogen (secondary N) is 1. The standard InChI is InChI=1S/C24H32N4O5/c1-4-6-14-28-22-21(23(30)26-24(28)31)27(13-5-2)19(25-22)16-33-20(29)12-9-15-32-18-11-8-7-10-17(18)3/h7-8,10-11H,4-6,9,12-16H2,1-3H3,(H,26,30,31). The summed E-state index contributed by atoms with van der Waals surface area (Å²) in [4.78, 5) is 44.1. The number of para-hydroxylation sites is 1. The van der Waals surface area contributed by atoms with Gasteiger partial charge in [-0.2, -0.15) is 0 Å². The Labute approximate surface area is 192 Å². The zero-order valence-corrected chi connectivity index (χ0v) is 19.6. The van der Waals surface area contributed by atoms with Crippen LogP contribution in [0, 0.1) is 6.92 Å². The van der Waals surface area contributed by atoms with Crippen molar-refractivity contribution in [2.75, 3.05) is 6.61 Å². The highest BCUT2D eigenvalue weighted by Crippen LogP contribution is 2.17. The van der Waals surface area contributed by atoms with Crippen molar-refractivity contribution in [3.8, 4) is 5.75 Å². The summed E-state index contributed by atoms with van der Waals surface area (Å²) >= 11 is 0. The predicted molar refractivity (Wildman–Crippen MR) is 126 cm³/mol. The molecule has 0 aliphatic carbocycles. The number of hydrogen-bond acceptors (Lipinski definition) is 6. The van der Waals surface area contributed by atoms with Gasteiger partial charge in [-0.1, -0.05) is 38.5 Å². The van der Waals surface area contributed by atoms with Crippen molar-refractivity contribution in [1.29, 1.82) is 0 Å². The molecule has 9 heteroatoms. The summed E-state index contributed by atoms with van der Waals surface area (Å²) in [7, 11) is 0. The maximum absolute atomic E-state index is 12.5. The number of hydrogen-bond donors (Lipinski definition) is 1. The lowest BCUT2D eigenvalue weighted by molar-refractivity contribution is -0.145. The van der Waals surface area contributed by atoms with E-state index in [1.54, 1.807) is 4.57 Å².